The van der Waals surface area contributed by atoms with Crippen molar-refractivity contribution in [1.29, 1.82) is 5.26 Å². The number of aliphatic carboxylic acids is 1. The van der Waals surface area contributed by atoms with E-state index in [9.17, 15) is 15.2 Å². The van der Waals surface area contributed by atoms with E-state index in [0.29, 0.717) is 5.56 Å². The van der Waals surface area contributed by atoms with Crippen LogP contribution in [0.1, 0.15) is 55.5 Å². The molecule has 0 heterocycles. The average molecular weight is 677 g/mol. The van der Waals surface area contributed by atoms with Crippen LogP contribution in [-0.4, -0.2) is 11.1 Å². The lowest BCUT2D eigenvalue weighted by Gasteiger charge is -2.32. The molecule has 0 fully saturated rings. The second-order valence-corrected chi connectivity index (χ2v) is 14.2. The predicted molar refractivity (Wildman–Crippen MR) is 215 cm³/mol. The van der Waals surface area contributed by atoms with Gasteiger partial charge in [0.05, 0.1) is 5.69 Å². The van der Waals surface area contributed by atoms with E-state index in [2.05, 4.69) is 142 Å². The van der Waals surface area contributed by atoms with Gasteiger partial charge in [0.1, 0.15) is 11.6 Å². The second kappa shape index (κ2) is 13.7. The maximum atomic E-state index is 12.0. The highest BCUT2D eigenvalue weighted by Crippen LogP contribution is 2.47. The summed E-state index contributed by atoms with van der Waals surface area (Å²) >= 11 is 0. The van der Waals surface area contributed by atoms with Gasteiger partial charge in [0.15, 0.2) is 0 Å². The number of nitrogens with zero attached hydrogens (tertiary/aromatic N) is 2. The van der Waals surface area contributed by atoms with Crippen molar-refractivity contribution in [2.75, 3.05) is 4.90 Å². The fourth-order valence-electron chi connectivity index (χ4n) is 7.33. The Bertz CT molecular complexity index is 2320. The Labute approximate surface area is 305 Å². The lowest BCUT2D eigenvalue weighted by molar-refractivity contribution is -0.132. The molecule has 0 radical (unpaired) electrons. The fourth-order valence-corrected chi connectivity index (χ4v) is 7.33. The molecule has 0 aliphatic heterocycles. The van der Waals surface area contributed by atoms with E-state index in [0.717, 1.165) is 38.6 Å². The number of carbonyl (C=O) groups is 1. The largest absolute Gasteiger partial charge is 0.477 e. The van der Waals surface area contributed by atoms with Gasteiger partial charge in [0, 0.05) is 33.0 Å². The predicted octanol–water partition coefficient (Wildman–Crippen LogP) is 12.1. The van der Waals surface area contributed by atoms with Gasteiger partial charge in [-0.3, -0.25) is 0 Å². The number of hydrogen-bond donors (Lipinski definition) is 1. The molecule has 0 unspecified atom stereocenters. The summed E-state index contributed by atoms with van der Waals surface area (Å²) in [4.78, 5) is 14.3. The Balaban J connectivity index is 1.47. The van der Waals surface area contributed by atoms with Crippen LogP contribution in [0.15, 0.2) is 163 Å². The van der Waals surface area contributed by atoms with Crippen molar-refractivity contribution >= 4 is 50.7 Å². The monoisotopic (exact) mass is 676 g/mol. The molecule has 7 aromatic rings. The normalized spacial score (nSPS) is 12.1. The van der Waals surface area contributed by atoms with Gasteiger partial charge in [-0.05, 0) is 68.9 Å². The highest BCUT2D eigenvalue weighted by molar-refractivity contribution is 6.19. The molecule has 0 bridgehead atoms. The van der Waals surface area contributed by atoms with Crippen molar-refractivity contribution in [2.45, 2.75) is 38.5 Å². The third kappa shape index (κ3) is 6.12. The Hall–Kier alpha value is -6.44. The highest BCUT2D eigenvalue weighted by atomic mass is 16.4. The molecule has 0 saturated carbocycles. The molecule has 254 valence electrons. The summed E-state index contributed by atoms with van der Waals surface area (Å²) in [5.41, 5.74) is 7.84. The third-order valence-corrected chi connectivity index (χ3v) is 10.5. The molecule has 7 aromatic carbocycles. The van der Waals surface area contributed by atoms with Gasteiger partial charge >= 0.3 is 5.97 Å². The van der Waals surface area contributed by atoms with E-state index >= 15 is 0 Å². The van der Waals surface area contributed by atoms with Crippen molar-refractivity contribution in [1.82, 2.24) is 0 Å². The number of hydrogen-bond acceptors (Lipinski definition) is 3. The van der Waals surface area contributed by atoms with Gasteiger partial charge in [-0.1, -0.05) is 161 Å². The first-order valence-electron chi connectivity index (χ1n) is 17.5. The van der Waals surface area contributed by atoms with Crippen LogP contribution in [0.25, 0.3) is 27.6 Å². The lowest BCUT2D eigenvalue weighted by atomic mass is 9.78. The zero-order chi connectivity index (χ0) is 36.5. The van der Waals surface area contributed by atoms with Crippen LogP contribution < -0.4 is 4.90 Å². The van der Waals surface area contributed by atoms with Gasteiger partial charge in [-0.2, -0.15) is 5.26 Å². The summed E-state index contributed by atoms with van der Waals surface area (Å²) < 4.78 is 0. The molecule has 0 atom stereocenters. The van der Waals surface area contributed by atoms with Gasteiger partial charge in [-0.25, -0.2) is 4.79 Å². The van der Waals surface area contributed by atoms with E-state index in [1.165, 1.54) is 28.3 Å². The zero-order valence-corrected chi connectivity index (χ0v) is 29.8. The van der Waals surface area contributed by atoms with Crippen LogP contribution in [0.3, 0.4) is 0 Å². The first-order valence-corrected chi connectivity index (χ1v) is 17.5. The van der Waals surface area contributed by atoms with Crippen LogP contribution in [0.5, 0.6) is 0 Å². The average Bonchev–Trinajstić information content (AvgIpc) is 3.18. The van der Waals surface area contributed by atoms with Crippen LogP contribution in [0.4, 0.5) is 17.1 Å². The first-order chi connectivity index (χ1) is 25.1. The standard InChI is InChI=1S/C48H40N2O2/c1-47(2,34-15-7-5-8-16-34)36-23-27-38(28-24-36)50(39-29-25-37(26-30-39)48(3,4)35-17-9-6-10-18-35)45-42-21-13-11-19-40(42)44(31-33(32-49)46(51)52)41-20-12-14-22-43(41)45/h5-31H,1-4H3,(H,51,52). The van der Waals surface area contributed by atoms with Gasteiger partial charge < -0.3 is 10.0 Å². The van der Waals surface area contributed by atoms with Gasteiger partial charge in [0.25, 0.3) is 0 Å². The fraction of sp³-hybridized carbons (Fsp3) is 0.125. The lowest BCUT2D eigenvalue weighted by Crippen LogP contribution is -2.20. The Kier molecular flexibility index (Phi) is 8.97. The molecule has 4 nitrogen and oxygen atoms in total. The number of rotatable bonds is 9. The molecular formula is C48H40N2O2. The Morgan fingerprint density at radius 3 is 1.25 bits per heavy atom. The zero-order valence-electron chi connectivity index (χ0n) is 29.8. The SMILES string of the molecule is CC(C)(c1ccccc1)c1ccc(N(c2ccc(C(C)(C)c3ccccc3)cc2)c2c3ccccc3c(C=C(C#N)C(=O)O)c3ccccc23)cc1. The molecule has 4 heteroatoms. The number of nitriles is 1. The molecule has 7 rings (SSSR count). The quantitative estimate of drug-likeness (QED) is 0.0939. The minimum atomic E-state index is -1.25. The minimum Gasteiger partial charge on any atom is -0.477 e. The maximum absolute atomic E-state index is 12.0. The van der Waals surface area contributed by atoms with E-state index < -0.39 is 5.97 Å². The summed E-state index contributed by atoms with van der Waals surface area (Å²) in [5.74, 6) is -1.25. The Morgan fingerprint density at radius 2 is 0.885 bits per heavy atom. The molecule has 0 aromatic heterocycles. The van der Waals surface area contributed by atoms with E-state index in [1.807, 2.05) is 54.6 Å². The van der Waals surface area contributed by atoms with Crippen molar-refractivity contribution in [3.05, 3.63) is 191 Å². The highest BCUT2D eigenvalue weighted by Gasteiger charge is 2.27. The van der Waals surface area contributed by atoms with Crippen molar-refractivity contribution in [3.63, 3.8) is 0 Å². The van der Waals surface area contributed by atoms with Crippen molar-refractivity contribution in [3.8, 4) is 6.07 Å². The minimum absolute atomic E-state index is 0.203. The summed E-state index contributed by atoms with van der Waals surface area (Å²) in [7, 11) is 0. The summed E-state index contributed by atoms with van der Waals surface area (Å²) in [6.45, 7) is 9.01. The number of benzene rings is 7. The van der Waals surface area contributed by atoms with Gasteiger partial charge in [-0.15, -0.1) is 0 Å². The summed E-state index contributed by atoms with van der Waals surface area (Å²) in [5, 5.41) is 23.2. The van der Waals surface area contributed by atoms with Gasteiger partial charge in [0.2, 0.25) is 0 Å². The van der Waals surface area contributed by atoms with Crippen LogP contribution >= 0.6 is 0 Å². The van der Waals surface area contributed by atoms with E-state index in [-0.39, 0.29) is 16.4 Å². The number of carboxylic acids is 1. The van der Waals surface area contributed by atoms with E-state index in [1.54, 1.807) is 0 Å². The molecule has 0 saturated heterocycles. The molecule has 0 spiro atoms. The Morgan fingerprint density at radius 1 is 0.538 bits per heavy atom. The number of carboxylic acid groups (broad SMARTS) is 1. The van der Waals surface area contributed by atoms with Crippen molar-refractivity contribution in [2.24, 2.45) is 0 Å². The first kappa shape index (κ1) is 34.0. The number of fused-ring (bicyclic) bond motifs is 2. The summed E-state index contributed by atoms with van der Waals surface area (Å²) in [6, 6.07) is 56.7. The molecule has 0 amide bonds. The molecule has 52 heavy (non-hydrogen) atoms. The smallest absolute Gasteiger partial charge is 0.346 e. The maximum Gasteiger partial charge on any atom is 0.346 e. The second-order valence-electron chi connectivity index (χ2n) is 14.2. The van der Waals surface area contributed by atoms with Crippen LogP contribution in [0.2, 0.25) is 0 Å². The molecular weight excluding hydrogens is 637 g/mol. The third-order valence-electron chi connectivity index (χ3n) is 10.5. The van der Waals surface area contributed by atoms with Crippen LogP contribution in [-0.2, 0) is 15.6 Å². The summed E-state index contributed by atoms with van der Waals surface area (Å²) in [6.07, 6.45) is 1.50. The molecule has 0 aliphatic carbocycles. The topological polar surface area (TPSA) is 64.3 Å². The van der Waals surface area contributed by atoms with Crippen molar-refractivity contribution < 1.29 is 9.90 Å². The van der Waals surface area contributed by atoms with Crippen LogP contribution in [0, 0.1) is 11.3 Å². The van der Waals surface area contributed by atoms with E-state index in [4.69, 9.17) is 0 Å². The number of anilines is 3. The molecule has 1 N–H and O–H groups in total. The molecule has 0 aliphatic rings.